The number of nitrogens with two attached hydrogens (primary N) is 1. The number of hydrogen-bond acceptors (Lipinski definition) is 3. The molecule has 0 saturated heterocycles. The van der Waals surface area contributed by atoms with Gasteiger partial charge in [0, 0.05) is 5.56 Å². The van der Waals surface area contributed by atoms with Crippen molar-refractivity contribution in [3.05, 3.63) is 30.6 Å². The minimum atomic E-state index is 0.498. The van der Waals surface area contributed by atoms with E-state index in [2.05, 4.69) is 9.97 Å². The number of nitrogen functional groups attached to an aromatic ring is 1. The number of ether oxygens (including phenoxy) is 1. The fraction of sp³-hybridized carbons (Fsp3) is 0.100. The second kappa shape index (κ2) is 3.41. The fourth-order valence-electron chi connectivity index (χ4n) is 1.31. The van der Waals surface area contributed by atoms with Crippen molar-refractivity contribution in [2.75, 3.05) is 12.8 Å². The van der Waals surface area contributed by atoms with Crippen LogP contribution in [0.3, 0.4) is 0 Å². The first-order chi connectivity index (χ1) is 6.81. The van der Waals surface area contributed by atoms with Crippen LogP contribution < -0.4 is 10.5 Å². The highest BCUT2D eigenvalue weighted by Crippen LogP contribution is 2.25. The molecule has 14 heavy (non-hydrogen) atoms. The van der Waals surface area contributed by atoms with Crippen LogP contribution in [0.5, 0.6) is 5.75 Å². The van der Waals surface area contributed by atoms with Gasteiger partial charge in [-0.2, -0.15) is 0 Å². The molecule has 2 rings (SSSR count). The molecule has 72 valence electrons. The van der Waals surface area contributed by atoms with Gasteiger partial charge in [0.1, 0.15) is 11.6 Å². The van der Waals surface area contributed by atoms with E-state index in [-0.39, 0.29) is 0 Å². The number of rotatable bonds is 2. The van der Waals surface area contributed by atoms with E-state index in [1.165, 1.54) is 0 Å². The summed E-state index contributed by atoms with van der Waals surface area (Å²) >= 11 is 0. The van der Waals surface area contributed by atoms with Gasteiger partial charge < -0.3 is 15.5 Å². The highest BCUT2D eigenvalue weighted by atomic mass is 16.5. The van der Waals surface area contributed by atoms with E-state index in [0.29, 0.717) is 5.82 Å². The summed E-state index contributed by atoms with van der Waals surface area (Å²) in [6.45, 7) is 0. The maximum atomic E-state index is 5.68. The molecule has 0 fully saturated rings. The second-order valence-corrected chi connectivity index (χ2v) is 2.89. The SMILES string of the molecule is COc1cccc(-c2[nH]cnc2N)c1. The van der Waals surface area contributed by atoms with Crippen LogP contribution in [0.1, 0.15) is 0 Å². The van der Waals surface area contributed by atoms with Gasteiger partial charge in [-0.25, -0.2) is 4.98 Å². The Morgan fingerprint density at radius 3 is 2.93 bits per heavy atom. The van der Waals surface area contributed by atoms with E-state index in [1.54, 1.807) is 13.4 Å². The van der Waals surface area contributed by atoms with Crippen LogP contribution in [0.25, 0.3) is 11.3 Å². The van der Waals surface area contributed by atoms with E-state index in [1.807, 2.05) is 24.3 Å². The maximum Gasteiger partial charge on any atom is 0.149 e. The molecule has 1 aromatic carbocycles. The van der Waals surface area contributed by atoms with Crippen LogP contribution in [-0.2, 0) is 0 Å². The molecular formula is C10H11N3O. The van der Waals surface area contributed by atoms with Gasteiger partial charge in [0.25, 0.3) is 0 Å². The molecule has 2 aromatic rings. The van der Waals surface area contributed by atoms with Crippen LogP contribution >= 0.6 is 0 Å². The summed E-state index contributed by atoms with van der Waals surface area (Å²) in [5.74, 6) is 1.30. The Balaban J connectivity index is 2.47. The zero-order valence-electron chi connectivity index (χ0n) is 7.82. The van der Waals surface area contributed by atoms with E-state index in [0.717, 1.165) is 17.0 Å². The molecule has 0 aliphatic heterocycles. The summed E-state index contributed by atoms with van der Waals surface area (Å²) in [6, 6.07) is 7.65. The number of aromatic amines is 1. The van der Waals surface area contributed by atoms with Gasteiger partial charge in [0.15, 0.2) is 0 Å². The predicted octanol–water partition coefficient (Wildman–Crippen LogP) is 1.67. The maximum absolute atomic E-state index is 5.68. The van der Waals surface area contributed by atoms with Crippen LogP contribution in [0.2, 0.25) is 0 Å². The van der Waals surface area contributed by atoms with Gasteiger partial charge in [-0.1, -0.05) is 12.1 Å². The number of benzene rings is 1. The van der Waals surface area contributed by atoms with Gasteiger partial charge in [-0.15, -0.1) is 0 Å². The van der Waals surface area contributed by atoms with Crippen molar-refractivity contribution >= 4 is 5.82 Å². The predicted molar refractivity (Wildman–Crippen MR) is 55.0 cm³/mol. The first-order valence-corrected chi connectivity index (χ1v) is 4.24. The molecule has 0 aliphatic carbocycles. The third-order valence-electron chi connectivity index (χ3n) is 2.03. The van der Waals surface area contributed by atoms with Crippen molar-refractivity contribution in [3.63, 3.8) is 0 Å². The monoisotopic (exact) mass is 189 g/mol. The van der Waals surface area contributed by atoms with Crippen LogP contribution in [0, 0.1) is 0 Å². The molecule has 0 aliphatic rings. The number of H-pyrrole nitrogens is 1. The lowest BCUT2D eigenvalue weighted by atomic mass is 10.1. The van der Waals surface area contributed by atoms with E-state index < -0.39 is 0 Å². The summed E-state index contributed by atoms with van der Waals surface area (Å²) in [6.07, 6.45) is 1.57. The lowest BCUT2D eigenvalue weighted by Gasteiger charge is -2.02. The van der Waals surface area contributed by atoms with Gasteiger partial charge in [0.05, 0.1) is 19.1 Å². The first kappa shape index (κ1) is 8.62. The van der Waals surface area contributed by atoms with Crippen LogP contribution in [0.15, 0.2) is 30.6 Å². The number of hydrogen-bond donors (Lipinski definition) is 2. The molecule has 1 aromatic heterocycles. The van der Waals surface area contributed by atoms with Gasteiger partial charge >= 0.3 is 0 Å². The highest BCUT2D eigenvalue weighted by Gasteiger charge is 2.04. The van der Waals surface area contributed by atoms with Crippen LogP contribution in [-0.4, -0.2) is 17.1 Å². The summed E-state index contributed by atoms with van der Waals surface area (Å²) < 4.78 is 5.12. The van der Waals surface area contributed by atoms with Gasteiger partial charge in [-0.05, 0) is 12.1 Å². The number of nitrogens with one attached hydrogen (secondary N) is 1. The van der Waals surface area contributed by atoms with Crippen molar-refractivity contribution in [2.24, 2.45) is 0 Å². The molecule has 4 heteroatoms. The largest absolute Gasteiger partial charge is 0.497 e. The Morgan fingerprint density at radius 1 is 1.43 bits per heavy atom. The van der Waals surface area contributed by atoms with Crippen molar-refractivity contribution in [1.29, 1.82) is 0 Å². The Bertz CT molecular complexity index is 436. The Labute approximate surface area is 81.7 Å². The zero-order chi connectivity index (χ0) is 9.97. The van der Waals surface area contributed by atoms with Crippen molar-refractivity contribution in [3.8, 4) is 17.0 Å². The molecule has 0 bridgehead atoms. The molecule has 0 atom stereocenters. The van der Waals surface area contributed by atoms with E-state index in [4.69, 9.17) is 10.5 Å². The second-order valence-electron chi connectivity index (χ2n) is 2.89. The fourth-order valence-corrected chi connectivity index (χ4v) is 1.31. The quantitative estimate of drug-likeness (QED) is 0.755. The normalized spacial score (nSPS) is 10.1. The number of methoxy groups -OCH3 is 1. The average Bonchev–Trinajstić information content (AvgIpc) is 2.65. The smallest absolute Gasteiger partial charge is 0.149 e. The minimum Gasteiger partial charge on any atom is -0.497 e. The minimum absolute atomic E-state index is 0.498. The lowest BCUT2D eigenvalue weighted by Crippen LogP contribution is -1.89. The Kier molecular flexibility index (Phi) is 2.10. The van der Waals surface area contributed by atoms with Crippen molar-refractivity contribution < 1.29 is 4.74 Å². The molecular weight excluding hydrogens is 178 g/mol. The first-order valence-electron chi connectivity index (χ1n) is 4.24. The summed E-state index contributed by atoms with van der Waals surface area (Å²) in [5.41, 5.74) is 7.48. The summed E-state index contributed by atoms with van der Waals surface area (Å²) in [4.78, 5) is 6.91. The highest BCUT2D eigenvalue weighted by molar-refractivity contribution is 5.70. The van der Waals surface area contributed by atoms with Crippen molar-refractivity contribution in [1.82, 2.24) is 9.97 Å². The number of imidazole rings is 1. The van der Waals surface area contributed by atoms with Gasteiger partial charge in [-0.3, -0.25) is 0 Å². The Hall–Kier alpha value is -1.97. The molecule has 0 spiro atoms. The van der Waals surface area contributed by atoms with Gasteiger partial charge in [0.2, 0.25) is 0 Å². The summed E-state index contributed by atoms with van der Waals surface area (Å²) in [7, 11) is 1.63. The van der Waals surface area contributed by atoms with E-state index >= 15 is 0 Å². The molecule has 0 radical (unpaired) electrons. The molecule has 3 N–H and O–H groups in total. The Morgan fingerprint density at radius 2 is 2.29 bits per heavy atom. The molecule has 4 nitrogen and oxygen atoms in total. The third-order valence-corrected chi connectivity index (χ3v) is 2.03. The molecule has 1 heterocycles. The standard InChI is InChI=1S/C10H11N3O/c1-14-8-4-2-3-7(5-8)9-10(11)13-6-12-9/h2-6H,11H2,1H3,(H,12,13). The van der Waals surface area contributed by atoms with Crippen LogP contribution in [0.4, 0.5) is 5.82 Å². The lowest BCUT2D eigenvalue weighted by molar-refractivity contribution is 0.415. The number of nitrogens with zero attached hydrogens (tertiary/aromatic N) is 1. The molecule has 0 amide bonds. The average molecular weight is 189 g/mol. The zero-order valence-corrected chi connectivity index (χ0v) is 7.82. The van der Waals surface area contributed by atoms with Crippen molar-refractivity contribution in [2.45, 2.75) is 0 Å². The third kappa shape index (κ3) is 1.42. The number of anilines is 1. The topological polar surface area (TPSA) is 63.9 Å². The molecule has 0 unspecified atom stereocenters. The molecule has 0 saturated carbocycles. The number of aromatic nitrogens is 2. The summed E-state index contributed by atoms with van der Waals surface area (Å²) in [5, 5.41) is 0. The van der Waals surface area contributed by atoms with E-state index in [9.17, 15) is 0 Å².